The summed E-state index contributed by atoms with van der Waals surface area (Å²) in [6.45, 7) is 1.89. The molecule has 0 amide bonds. The summed E-state index contributed by atoms with van der Waals surface area (Å²) in [6, 6.07) is 3.10. The number of nitrogens with zero attached hydrogens (tertiary/aromatic N) is 7. The third-order valence-electron chi connectivity index (χ3n) is 5.19. The van der Waals surface area contributed by atoms with Gasteiger partial charge in [0.1, 0.15) is 23.9 Å². The predicted molar refractivity (Wildman–Crippen MR) is 89.9 cm³/mol. The Morgan fingerprint density at radius 1 is 1.07 bits per heavy atom. The minimum absolute atomic E-state index is 0.0480. The van der Waals surface area contributed by atoms with Crippen molar-refractivity contribution in [3.8, 4) is 6.07 Å². The smallest absolute Gasteiger partial charge is 0.354 e. The number of hydrogen-bond acceptors (Lipinski definition) is 7. The molecule has 0 aromatic carbocycles. The van der Waals surface area contributed by atoms with E-state index in [1.807, 2.05) is 9.80 Å². The number of nitriles is 1. The van der Waals surface area contributed by atoms with E-state index in [1.165, 1.54) is 6.20 Å². The van der Waals surface area contributed by atoms with Crippen LogP contribution in [0.2, 0.25) is 0 Å². The van der Waals surface area contributed by atoms with Crippen molar-refractivity contribution in [2.45, 2.75) is 25.1 Å². The zero-order valence-corrected chi connectivity index (χ0v) is 14.3. The standard InChI is InChI=1S/C17H16F3N7/c18-17(19,20)14-7-15(25-10-24-14)26-5-1-11-2-6-27(13(11)9-26)16-12(8-21)22-3-4-23-16/h3-4,7,10-11,13H,1-2,5-6,9H2. The average Bonchev–Trinajstić information content (AvgIpc) is 3.10. The van der Waals surface area contributed by atoms with Crippen LogP contribution in [0.5, 0.6) is 0 Å². The van der Waals surface area contributed by atoms with Gasteiger partial charge in [-0.15, -0.1) is 0 Å². The quantitative estimate of drug-likeness (QED) is 0.796. The van der Waals surface area contributed by atoms with Gasteiger partial charge in [0.15, 0.2) is 11.5 Å². The Kier molecular flexibility index (Phi) is 4.30. The molecule has 0 saturated carbocycles. The molecule has 0 bridgehead atoms. The Morgan fingerprint density at radius 3 is 2.63 bits per heavy atom. The van der Waals surface area contributed by atoms with Gasteiger partial charge in [0.25, 0.3) is 0 Å². The van der Waals surface area contributed by atoms with Crippen LogP contribution in [-0.2, 0) is 6.18 Å². The number of halogens is 3. The maximum absolute atomic E-state index is 13.0. The summed E-state index contributed by atoms with van der Waals surface area (Å²) in [5.74, 6) is 1.20. The van der Waals surface area contributed by atoms with E-state index in [1.54, 1.807) is 6.20 Å². The molecule has 0 aliphatic carbocycles. The molecule has 2 aliphatic rings. The van der Waals surface area contributed by atoms with E-state index in [0.717, 1.165) is 31.8 Å². The van der Waals surface area contributed by atoms with Gasteiger partial charge in [0.2, 0.25) is 0 Å². The molecule has 10 heteroatoms. The van der Waals surface area contributed by atoms with E-state index < -0.39 is 11.9 Å². The van der Waals surface area contributed by atoms with Crippen LogP contribution < -0.4 is 9.80 Å². The highest BCUT2D eigenvalue weighted by Gasteiger charge is 2.41. The zero-order chi connectivity index (χ0) is 19.0. The van der Waals surface area contributed by atoms with Crippen LogP contribution in [0.15, 0.2) is 24.8 Å². The average molecular weight is 375 g/mol. The summed E-state index contributed by atoms with van der Waals surface area (Å²) < 4.78 is 38.9. The molecule has 2 aliphatic heterocycles. The normalized spacial score (nSPS) is 22.4. The van der Waals surface area contributed by atoms with Gasteiger partial charge in [0, 0.05) is 38.1 Å². The molecule has 4 heterocycles. The number of rotatable bonds is 2. The molecular weight excluding hydrogens is 359 g/mol. The van der Waals surface area contributed by atoms with Crippen LogP contribution in [-0.4, -0.2) is 45.6 Å². The van der Waals surface area contributed by atoms with Crippen LogP contribution in [0.1, 0.15) is 24.2 Å². The van der Waals surface area contributed by atoms with Gasteiger partial charge in [0.05, 0.1) is 6.04 Å². The Labute approximate surface area is 153 Å². The van der Waals surface area contributed by atoms with Crippen molar-refractivity contribution in [1.82, 2.24) is 19.9 Å². The lowest BCUT2D eigenvalue weighted by Gasteiger charge is -2.39. The lowest BCUT2D eigenvalue weighted by Crippen LogP contribution is -2.49. The first-order chi connectivity index (χ1) is 13.0. The Balaban J connectivity index is 1.60. The second-order valence-corrected chi connectivity index (χ2v) is 6.64. The van der Waals surface area contributed by atoms with Crippen LogP contribution in [0.25, 0.3) is 0 Å². The van der Waals surface area contributed by atoms with Gasteiger partial charge in [-0.05, 0) is 18.8 Å². The van der Waals surface area contributed by atoms with Crippen LogP contribution in [0, 0.1) is 17.2 Å². The fourth-order valence-electron chi connectivity index (χ4n) is 3.91. The number of piperidine rings is 1. The summed E-state index contributed by atoms with van der Waals surface area (Å²) >= 11 is 0. The molecular formula is C17H16F3N7. The van der Waals surface area contributed by atoms with Gasteiger partial charge in [-0.1, -0.05) is 0 Å². The number of hydrogen-bond donors (Lipinski definition) is 0. The third-order valence-corrected chi connectivity index (χ3v) is 5.19. The molecule has 0 radical (unpaired) electrons. The maximum atomic E-state index is 13.0. The van der Waals surface area contributed by atoms with Crippen LogP contribution in [0.3, 0.4) is 0 Å². The first kappa shape index (κ1) is 17.5. The maximum Gasteiger partial charge on any atom is 0.433 e. The van der Waals surface area contributed by atoms with E-state index in [4.69, 9.17) is 0 Å². The third kappa shape index (κ3) is 3.25. The molecule has 0 N–H and O–H groups in total. The second kappa shape index (κ2) is 6.64. The van der Waals surface area contributed by atoms with Gasteiger partial charge >= 0.3 is 6.18 Å². The lowest BCUT2D eigenvalue weighted by atomic mass is 9.92. The highest BCUT2D eigenvalue weighted by Crippen LogP contribution is 2.37. The van der Waals surface area contributed by atoms with E-state index in [2.05, 4.69) is 26.0 Å². The first-order valence-electron chi connectivity index (χ1n) is 8.59. The molecule has 0 spiro atoms. The molecule has 2 aromatic heterocycles. The van der Waals surface area contributed by atoms with E-state index in [0.29, 0.717) is 24.8 Å². The monoisotopic (exact) mass is 375 g/mol. The Morgan fingerprint density at radius 2 is 1.85 bits per heavy atom. The van der Waals surface area contributed by atoms with Crippen molar-refractivity contribution < 1.29 is 13.2 Å². The Bertz CT molecular complexity index is 879. The topological polar surface area (TPSA) is 81.8 Å². The van der Waals surface area contributed by atoms with Crippen molar-refractivity contribution >= 4 is 11.6 Å². The molecule has 2 aromatic rings. The largest absolute Gasteiger partial charge is 0.433 e. The molecule has 2 atom stereocenters. The highest BCUT2D eigenvalue weighted by molar-refractivity contribution is 5.53. The number of alkyl halides is 3. The highest BCUT2D eigenvalue weighted by atomic mass is 19.4. The summed E-state index contributed by atoms with van der Waals surface area (Å²) in [5.41, 5.74) is -0.685. The SMILES string of the molecule is N#Cc1nccnc1N1CCC2CCN(c3cc(C(F)(F)F)ncn3)CC21. The molecule has 140 valence electrons. The summed E-state index contributed by atoms with van der Waals surface area (Å²) in [5, 5.41) is 9.30. The minimum Gasteiger partial charge on any atom is -0.354 e. The summed E-state index contributed by atoms with van der Waals surface area (Å²) in [6.07, 6.45) is 1.27. The molecule has 2 saturated heterocycles. The van der Waals surface area contributed by atoms with E-state index in [-0.39, 0.29) is 17.6 Å². The zero-order valence-electron chi connectivity index (χ0n) is 14.3. The fourth-order valence-corrected chi connectivity index (χ4v) is 3.91. The predicted octanol–water partition coefficient (Wildman–Crippen LogP) is 2.26. The van der Waals surface area contributed by atoms with Crippen molar-refractivity contribution in [3.05, 3.63) is 36.2 Å². The lowest BCUT2D eigenvalue weighted by molar-refractivity contribution is -0.141. The first-order valence-corrected chi connectivity index (χ1v) is 8.59. The van der Waals surface area contributed by atoms with Crippen LogP contribution in [0.4, 0.5) is 24.8 Å². The van der Waals surface area contributed by atoms with Crippen LogP contribution >= 0.6 is 0 Å². The van der Waals surface area contributed by atoms with Gasteiger partial charge < -0.3 is 9.80 Å². The van der Waals surface area contributed by atoms with Gasteiger partial charge in [-0.3, -0.25) is 0 Å². The number of anilines is 2. The van der Waals surface area contributed by atoms with Crippen molar-refractivity contribution in [2.75, 3.05) is 29.4 Å². The summed E-state index contributed by atoms with van der Waals surface area (Å²) in [7, 11) is 0. The Hall–Kier alpha value is -2.96. The molecule has 2 unspecified atom stereocenters. The van der Waals surface area contributed by atoms with Gasteiger partial charge in [-0.25, -0.2) is 19.9 Å². The molecule has 7 nitrogen and oxygen atoms in total. The van der Waals surface area contributed by atoms with Gasteiger partial charge in [-0.2, -0.15) is 18.4 Å². The van der Waals surface area contributed by atoms with Crippen molar-refractivity contribution in [1.29, 1.82) is 5.26 Å². The molecule has 27 heavy (non-hydrogen) atoms. The van der Waals surface area contributed by atoms with Crippen molar-refractivity contribution in [2.24, 2.45) is 5.92 Å². The number of aromatic nitrogens is 4. The van der Waals surface area contributed by atoms with E-state index in [9.17, 15) is 18.4 Å². The minimum atomic E-state index is -4.50. The number of fused-ring (bicyclic) bond motifs is 1. The van der Waals surface area contributed by atoms with Crippen molar-refractivity contribution in [3.63, 3.8) is 0 Å². The fraction of sp³-hybridized carbons (Fsp3) is 0.471. The molecule has 2 fully saturated rings. The second-order valence-electron chi connectivity index (χ2n) is 6.64. The van der Waals surface area contributed by atoms with E-state index >= 15 is 0 Å². The molecule has 4 rings (SSSR count). The summed E-state index contributed by atoms with van der Waals surface area (Å²) in [4.78, 5) is 19.6.